The highest BCUT2D eigenvalue weighted by molar-refractivity contribution is 9.10. The summed E-state index contributed by atoms with van der Waals surface area (Å²) in [5.74, 6) is 0.601. The highest BCUT2D eigenvalue weighted by Gasteiger charge is 2.31. The first-order chi connectivity index (χ1) is 9.69. The van der Waals surface area contributed by atoms with Gasteiger partial charge in [-0.3, -0.25) is 0 Å². The topological polar surface area (TPSA) is 29.5 Å². The van der Waals surface area contributed by atoms with Crippen LogP contribution < -0.4 is 0 Å². The number of ether oxygens (including phenoxy) is 1. The quantitative estimate of drug-likeness (QED) is 0.826. The summed E-state index contributed by atoms with van der Waals surface area (Å²) in [6.45, 7) is 2.83. The van der Waals surface area contributed by atoms with Crippen LogP contribution in [0.3, 0.4) is 0 Å². The molecule has 2 nitrogen and oxygen atoms in total. The molecule has 1 atom stereocenters. The van der Waals surface area contributed by atoms with Gasteiger partial charge in [0, 0.05) is 15.8 Å². The van der Waals surface area contributed by atoms with Crippen molar-refractivity contribution in [2.75, 3.05) is 6.61 Å². The number of thiophene rings is 1. The van der Waals surface area contributed by atoms with Crippen LogP contribution in [0.15, 0.2) is 28.1 Å². The first-order valence-corrected chi connectivity index (χ1v) is 8.81. The second-order valence-electron chi connectivity index (χ2n) is 5.47. The minimum Gasteiger partial charge on any atom is -0.388 e. The van der Waals surface area contributed by atoms with E-state index in [0.29, 0.717) is 12.0 Å². The summed E-state index contributed by atoms with van der Waals surface area (Å²) < 4.78 is 7.91. The molecule has 20 heavy (non-hydrogen) atoms. The molecule has 1 heterocycles. The van der Waals surface area contributed by atoms with E-state index in [4.69, 9.17) is 4.74 Å². The second kappa shape index (κ2) is 6.14. The fraction of sp³-hybridized carbons (Fsp3) is 0.500. The van der Waals surface area contributed by atoms with E-state index in [1.165, 1.54) is 10.1 Å². The van der Waals surface area contributed by atoms with Crippen LogP contribution in [0.1, 0.15) is 37.9 Å². The van der Waals surface area contributed by atoms with Crippen LogP contribution in [0.4, 0.5) is 0 Å². The number of halogens is 1. The van der Waals surface area contributed by atoms with Crippen LogP contribution in [0, 0.1) is 5.92 Å². The van der Waals surface area contributed by atoms with Crippen LogP contribution in [-0.4, -0.2) is 17.8 Å². The molecule has 1 aliphatic rings. The van der Waals surface area contributed by atoms with Gasteiger partial charge in [0.1, 0.15) is 0 Å². The van der Waals surface area contributed by atoms with E-state index < -0.39 is 0 Å². The maximum atomic E-state index is 10.5. The maximum Gasteiger partial charge on any atom is 0.0806 e. The van der Waals surface area contributed by atoms with Crippen LogP contribution in [0.25, 0.3) is 10.1 Å². The van der Waals surface area contributed by atoms with E-state index in [0.717, 1.165) is 35.9 Å². The Morgan fingerprint density at radius 2 is 2.25 bits per heavy atom. The average molecular weight is 355 g/mol. The average Bonchev–Trinajstić information content (AvgIpc) is 2.81. The van der Waals surface area contributed by atoms with Gasteiger partial charge in [0.2, 0.25) is 0 Å². The molecule has 0 amide bonds. The standard InChI is InChI=1S/C16H19BrO2S/c1-2-19-11-6-10(7-11)8-15(18)13-9-20-16-12(13)4-3-5-14(16)17/h3-5,9-11,15,18H,2,6-8H2,1H3. The number of aliphatic hydroxyl groups is 1. The van der Waals surface area contributed by atoms with Gasteiger partial charge in [0.05, 0.1) is 12.2 Å². The number of hydrogen-bond acceptors (Lipinski definition) is 3. The summed E-state index contributed by atoms with van der Waals surface area (Å²) in [6, 6.07) is 6.18. The fourth-order valence-electron chi connectivity index (χ4n) is 2.98. The summed E-state index contributed by atoms with van der Waals surface area (Å²) in [5.41, 5.74) is 1.08. The van der Waals surface area contributed by atoms with Crippen molar-refractivity contribution in [1.82, 2.24) is 0 Å². The van der Waals surface area contributed by atoms with Crippen molar-refractivity contribution >= 4 is 37.4 Å². The molecule has 0 saturated heterocycles. The third-order valence-corrected chi connectivity index (χ3v) is 6.06. The number of aliphatic hydroxyl groups excluding tert-OH is 1. The van der Waals surface area contributed by atoms with Crippen LogP contribution in [0.2, 0.25) is 0 Å². The molecule has 108 valence electrons. The van der Waals surface area contributed by atoms with E-state index in [1.807, 2.05) is 19.1 Å². The third kappa shape index (κ3) is 2.80. The molecule has 1 fully saturated rings. The molecule has 2 aromatic rings. The Morgan fingerprint density at radius 3 is 3.00 bits per heavy atom. The lowest BCUT2D eigenvalue weighted by Crippen LogP contribution is -2.32. The molecule has 0 aliphatic heterocycles. The minimum atomic E-state index is -0.356. The molecule has 1 N–H and O–H groups in total. The molecule has 0 spiro atoms. The predicted octanol–water partition coefficient (Wildman–Crippen LogP) is 4.90. The Kier molecular flexibility index (Phi) is 4.46. The van der Waals surface area contributed by atoms with Gasteiger partial charge < -0.3 is 9.84 Å². The van der Waals surface area contributed by atoms with Gasteiger partial charge in [0.15, 0.2) is 0 Å². The van der Waals surface area contributed by atoms with Gasteiger partial charge in [-0.2, -0.15) is 0 Å². The monoisotopic (exact) mass is 354 g/mol. The Balaban J connectivity index is 1.68. The first-order valence-electron chi connectivity index (χ1n) is 7.14. The fourth-order valence-corrected chi connectivity index (χ4v) is 4.65. The van der Waals surface area contributed by atoms with Crippen LogP contribution in [0.5, 0.6) is 0 Å². The summed E-state index contributed by atoms with van der Waals surface area (Å²) >= 11 is 5.27. The lowest BCUT2D eigenvalue weighted by Gasteiger charge is -2.36. The zero-order chi connectivity index (χ0) is 14.1. The minimum absolute atomic E-state index is 0.356. The molecule has 0 bridgehead atoms. The second-order valence-corrected chi connectivity index (χ2v) is 7.21. The lowest BCUT2D eigenvalue weighted by molar-refractivity contribution is -0.0378. The van der Waals surface area contributed by atoms with E-state index in [2.05, 4.69) is 27.4 Å². The van der Waals surface area contributed by atoms with Crippen molar-refractivity contribution in [3.63, 3.8) is 0 Å². The van der Waals surface area contributed by atoms with Gasteiger partial charge in [-0.15, -0.1) is 11.3 Å². The van der Waals surface area contributed by atoms with Crippen LogP contribution >= 0.6 is 27.3 Å². The lowest BCUT2D eigenvalue weighted by atomic mass is 9.78. The molecular formula is C16H19BrO2S. The first kappa shape index (κ1) is 14.5. The molecule has 1 aliphatic carbocycles. The van der Waals surface area contributed by atoms with Gasteiger partial charge in [-0.25, -0.2) is 0 Å². The van der Waals surface area contributed by atoms with E-state index in [1.54, 1.807) is 11.3 Å². The molecule has 1 aromatic heterocycles. The zero-order valence-electron chi connectivity index (χ0n) is 11.5. The summed E-state index contributed by atoms with van der Waals surface area (Å²) in [7, 11) is 0. The number of hydrogen-bond donors (Lipinski definition) is 1. The van der Waals surface area contributed by atoms with Gasteiger partial charge in [-0.05, 0) is 70.4 Å². The van der Waals surface area contributed by atoms with Crippen molar-refractivity contribution in [1.29, 1.82) is 0 Å². The SMILES string of the molecule is CCOC1CC(CC(O)c2csc3c(Br)cccc23)C1. The Bertz CT molecular complexity index is 589. The summed E-state index contributed by atoms with van der Waals surface area (Å²) in [6.07, 6.45) is 3.10. The van der Waals surface area contributed by atoms with Crippen LogP contribution in [-0.2, 0) is 4.74 Å². The van der Waals surface area contributed by atoms with Gasteiger partial charge in [-0.1, -0.05) is 12.1 Å². The van der Waals surface area contributed by atoms with Crippen molar-refractivity contribution < 1.29 is 9.84 Å². The maximum absolute atomic E-state index is 10.5. The Labute approximate surface area is 131 Å². The Hall–Kier alpha value is -0.420. The molecular weight excluding hydrogens is 336 g/mol. The molecule has 1 saturated carbocycles. The number of rotatable bonds is 5. The summed E-state index contributed by atoms with van der Waals surface area (Å²) in [4.78, 5) is 0. The molecule has 1 aromatic carbocycles. The van der Waals surface area contributed by atoms with E-state index >= 15 is 0 Å². The third-order valence-electron chi connectivity index (χ3n) is 4.09. The normalized spacial score (nSPS) is 23.8. The van der Waals surface area contributed by atoms with Crippen molar-refractivity contribution in [3.05, 3.63) is 33.6 Å². The van der Waals surface area contributed by atoms with Crippen molar-refractivity contribution in [2.24, 2.45) is 5.92 Å². The highest BCUT2D eigenvalue weighted by atomic mass is 79.9. The van der Waals surface area contributed by atoms with E-state index in [-0.39, 0.29) is 6.10 Å². The summed E-state index contributed by atoms with van der Waals surface area (Å²) in [5, 5.41) is 13.8. The largest absolute Gasteiger partial charge is 0.388 e. The van der Waals surface area contributed by atoms with E-state index in [9.17, 15) is 5.11 Å². The zero-order valence-corrected chi connectivity index (χ0v) is 13.9. The van der Waals surface area contributed by atoms with Gasteiger partial charge >= 0.3 is 0 Å². The molecule has 0 radical (unpaired) electrons. The molecule has 1 unspecified atom stereocenters. The van der Waals surface area contributed by atoms with Gasteiger partial charge in [0.25, 0.3) is 0 Å². The van der Waals surface area contributed by atoms with Crippen molar-refractivity contribution in [2.45, 2.75) is 38.4 Å². The predicted molar refractivity (Wildman–Crippen MR) is 87.2 cm³/mol. The Morgan fingerprint density at radius 1 is 1.45 bits per heavy atom. The smallest absolute Gasteiger partial charge is 0.0806 e. The number of benzene rings is 1. The molecule has 4 heteroatoms. The highest BCUT2D eigenvalue weighted by Crippen LogP contribution is 2.41. The number of fused-ring (bicyclic) bond motifs is 1. The van der Waals surface area contributed by atoms with Crippen molar-refractivity contribution in [3.8, 4) is 0 Å². The molecule has 3 rings (SSSR count).